The Hall–Kier alpha value is -3.18. The molecule has 0 fully saturated rings. The normalized spacial score (nSPS) is 12.2. The van der Waals surface area contributed by atoms with E-state index < -0.39 is 16.4 Å². The Bertz CT molecular complexity index is 1170. The van der Waals surface area contributed by atoms with Crippen molar-refractivity contribution >= 4 is 21.7 Å². The zero-order chi connectivity index (χ0) is 18.1. The maximum Gasteiger partial charge on any atom is 0.276 e. The summed E-state index contributed by atoms with van der Waals surface area (Å²) in [4.78, 5) is 13.6. The second kappa shape index (κ2) is 6.61. The summed E-state index contributed by atoms with van der Waals surface area (Å²) in [6, 6.07) is 24.9. The van der Waals surface area contributed by atoms with Gasteiger partial charge in [-0.15, -0.1) is 0 Å². The fourth-order valence-electron chi connectivity index (χ4n) is 2.97. The van der Waals surface area contributed by atoms with Crippen LogP contribution in [0, 0.1) is 0 Å². The summed E-state index contributed by atoms with van der Waals surface area (Å²) in [5.74, 6) is -0.236. The molecule has 1 heterocycles. The van der Waals surface area contributed by atoms with Crippen LogP contribution in [0.3, 0.4) is 0 Å². The van der Waals surface area contributed by atoms with E-state index in [1.807, 2.05) is 24.3 Å². The molecule has 0 spiro atoms. The van der Waals surface area contributed by atoms with Gasteiger partial charge in [0.1, 0.15) is 5.75 Å². The van der Waals surface area contributed by atoms with E-state index in [-0.39, 0.29) is 10.6 Å². The lowest BCUT2D eigenvalue weighted by molar-refractivity contribution is 0.464. The van der Waals surface area contributed by atoms with Gasteiger partial charge in [0.05, 0.1) is 16.3 Å². The fourth-order valence-corrected chi connectivity index (χ4v) is 4.14. The van der Waals surface area contributed by atoms with Crippen LogP contribution in [0.5, 0.6) is 5.75 Å². The highest BCUT2D eigenvalue weighted by Crippen LogP contribution is 2.31. The third-order valence-electron chi connectivity index (χ3n) is 4.17. The zero-order valence-corrected chi connectivity index (χ0v) is 14.5. The van der Waals surface area contributed by atoms with Crippen LogP contribution in [-0.2, 0) is 10.8 Å². The molecule has 4 rings (SSSR count). The lowest BCUT2D eigenvalue weighted by Gasteiger charge is -2.15. The Balaban J connectivity index is 2.10. The van der Waals surface area contributed by atoms with E-state index in [1.54, 1.807) is 60.7 Å². The quantitative estimate of drug-likeness (QED) is 0.603. The van der Waals surface area contributed by atoms with Crippen molar-refractivity contribution < 1.29 is 9.32 Å². The lowest BCUT2D eigenvalue weighted by Crippen LogP contribution is -2.23. The Morgan fingerprint density at radius 2 is 1.35 bits per heavy atom. The third kappa shape index (κ3) is 2.62. The topological polar surface area (TPSA) is 59.3 Å². The van der Waals surface area contributed by atoms with Gasteiger partial charge in [0.15, 0.2) is 4.90 Å². The molecule has 0 amide bonds. The van der Waals surface area contributed by atoms with E-state index in [0.29, 0.717) is 21.5 Å². The molecule has 0 saturated heterocycles. The molecule has 1 atom stereocenters. The van der Waals surface area contributed by atoms with Gasteiger partial charge in [-0.1, -0.05) is 48.5 Å². The molecule has 1 aromatic heterocycles. The maximum atomic E-state index is 13.2. The third-order valence-corrected chi connectivity index (χ3v) is 5.61. The van der Waals surface area contributed by atoms with Crippen LogP contribution in [0.4, 0.5) is 0 Å². The van der Waals surface area contributed by atoms with Gasteiger partial charge in [-0.05, 0) is 36.4 Å². The molecule has 0 aliphatic rings. The first-order valence-electron chi connectivity index (χ1n) is 8.07. The molecule has 4 aromatic rings. The van der Waals surface area contributed by atoms with E-state index in [1.165, 1.54) is 4.57 Å². The van der Waals surface area contributed by atoms with E-state index in [0.717, 1.165) is 0 Å². The van der Waals surface area contributed by atoms with Crippen molar-refractivity contribution in [1.29, 1.82) is 0 Å². The Kier molecular flexibility index (Phi) is 4.14. The first-order valence-corrected chi connectivity index (χ1v) is 9.22. The number of fused-ring (bicyclic) bond motifs is 1. The molecular weight excluding hydrogens is 346 g/mol. The molecule has 1 unspecified atom stereocenters. The first-order chi connectivity index (χ1) is 12.7. The van der Waals surface area contributed by atoms with Crippen LogP contribution in [-0.4, -0.2) is 13.9 Å². The van der Waals surface area contributed by atoms with E-state index in [2.05, 4.69) is 0 Å². The number of hydrogen-bond acceptors (Lipinski definition) is 3. The molecule has 4 nitrogen and oxygen atoms in total. The van der Waals surface area contributed by atoms with Crippen LogP contribution < -0.4 is 5.56 Å². The van der Waals surface area contributed by atoms with Crippen LogP contribution >= 0.6 is 0 Å². The van der Waals surface area contributed by atoms with E-state index in [4.69, 9.17) is 0 Å². The van der Waals surface area contributed by atoms with Gasteiger partial charge in [0.25, 0.3) is 5.56 Å². The molecule has 0 aliphatic carbocycles. The van der Waals surface area contributed by atoms with Crippen molar-refractivity contribution in [2.75, 3.05) is 0 Å². The summed E-state index contributed by atoms with van der Waals surface area (Å²) in [5, 5.41) is 11.2. The highest BCUT2D eigenvalue weighted by atomic mass is 32.2. The van der Waals surface area contributed by atoms with Gasteiger partial charge in [-0.25, -0.2) is 4.21 Å². The molecule has 128 valence electrons. The highest BCUT2D eigenvalue weighted by molar-refractivity contribution is 7.85. The van der Waals surface area contributed by atoms with Crippen LogP contribution in [0.25, 0.3) is 16.6 Å². The molecule has 1 N–H and O–H groups in total. The molecule has 5 heteroatoms. The lowest BCUT2D eigenvalue weighted by atomic mass is 10.2. The van der Waals surface area contributed by atoms with Crippen molar-refractivity contribution in [3.63, 3.8) is 0 Å². The monoisotopic (exact) mass is 361 g/mol. The predicted octanol–water partition coefficient (Wildman–Crippen LogP) is 3.86. The standard InChI is InChI=1S/C21H15NO3S/c23-19-17-13-7-8-14-18(17)22(15-9-3-1-4-10-15)21(24)20(19)26(25)16-11-5-2-6-12-16/h1-14,23H. The number of pyridine rings is 1. The molecule has 3 aromatic carbocycles. The Labute approximate surface area is 152 Å². The smallest absolute Gasteiger partial charge is 0.276 e. The van der Waals surface area contributed by atoms with Gasteiger partial charge in [-0.3, -0.25) is 9.36 Å². The van der Waals surface area contributed by atoms with Crippen molar-refractivity contribution in [2.24, 2.45) is 0 Å². The van der Waals surface area contributed by atoms with Crippen LogP contribution in [0.2, 0.25) is 0 Å². The number of aromatic hydroxyl groups is 1. The molecule has 0 bridgehead atoms. The Morgan fingerprint density at radius 1 is 0.769 bits per heavy atom. The average molecular weight is 361 g/mol. The van der Waals surface area contributed by atoms with Gasteiger partial charge in [0.2, 0.25) is 0 Å². The van der Waals surface area contributed by atoms with Gasteiger partial charge >= 0.3 is 0 Å². The van der Waals surface area contributed by atoms with Crippen LogP contribution in [0.1, 0.15) is 0 Å². The minimum atomic E-state index is -1.79. The number of para-hydroxylation sites is 2. The second-order valence-corrected chi connectivity index (χ2v) is 7.17. The minimum absolute atomic E-state index is 0.112. The summed E-state index contributed by atoms with van der Waals surface area (Å²) < 4.78 is 14.5. The largest absolute Gasteiger partial charge is 0.506 e. The molecule has 0 saturated carbocycles. The Morgan fingerprint density at radius 3 is 2.04 bits per heavy atom. The number of hydrogen-bond donors (Lipinski definition) is 1. The van der Waals surface area contributed by atoms with Crippen molar-refractivity contribution in [2.45, 2.75) is 9.79 Å². The molecule has 0 aliphatic heterocycles. The van der Waals surface area contributed by atoms with Crippen molar-refractivity contribution in [3.8, 4) is 11.4 Å². The zero-order valence-electron chi connectivity index (χ0n) is 13.7. The number of nitrogens with zero attached hydrogens (tertiary/aromatic N) is 1. The second-order valence-electron chi connectivity index (χ2n) is 5.75. The van der Waals surface area contributed by atoms with E-state index >= 15 is 0 Å². The van der Waals surface area contributed by atoms with Gasteiger partial charge in [0, 0.05) is 16.0 Å². The van der Waals surface area contributed by atoms with E-state index in [9.17, 15) is 14.1 Å². The van der Waals surface area contributed by atoms with Gasteiger partial charge in [-0.2, -0.15) is 0 Å². The predicted molar refractivity (Wildman–Crippen MR) is 102 cm³/mol. The number of benzene rings is 3. The van der Waals surface area contributed by atoms with Crippen molar-refractivity contribution in [3.05, 3.63) is 95.3 Å². The SMILES string of the molecule is O=c1c(S(=O)c2ccccc2)c(O)c2ccccc2n1-c1ccccc1. The summed E-state index contributed by atoms with van der Waals surface area (Å²) in [7, 11) is -1.79. The molecule has 26 heavy (non-hydrogen) atoms. The maximum absolute atomic E-state index is 13.2. The van der Waals surface area contributed by atoms with Crippen molar-refractivity contribution in [1.82, 2.24) is 4.57 Å². The summed E-state index contributed by atoms with van der Waals surface area (Å²) >= 11 is 0. The summed E-state index contributed by atoms with van der Waals surface area (Å²) in [5.41, 5.74) is 0.726. The average Bonchev–Trinajstić information content (AvgIpc) is 2.69. The summed E-state index contributed by atoms with van der Waals surface area (Å²) in [6.07, 6.45) is 0. The fraction of sp³-hybridized carbons (Fsp3) is 0. The highest BCUT2D eigenvalue weighted by Gasteiger charge is 2.22. The minimum Gasteiger partial charge on any atom is -0.506 e. The number of aromatic nitrogens is 1. The molecule has 0 radical (unpaired) electrons. The summed E-state index contributed by atoms with van der Waals surface area (Å²) in [6.45, 7) is 0. The number of rotatable bonds is 3. The molecular formula is C21H15NO3S. The van der Waals surface area contributed by atoms with Gasteiger partial charge < -0.3 is 5.11 Å². The first kappa shape index (κ1) is 16.3. The van der Waals surface area contributed by atoms with Crippen LogP contribution in [0.15, 0.2) is 99.5 Å².